The van der Waals surface area contributed by atoms with E-state index in [0.29, 0.717) is 42.2 Å². The third-order valence-electron chi connectivity index (χ3n) is 5.14. The average Bonchev–Trinajstić information content (AvgIpc) is 2.80. The Balaban J connectivity index is 1.62. The summed E-state index contributed by atoms with van der Waals surface area (Å²) in [4.78, 5) is 31.0. The topological polar surface area (TPSA) is 70.4 Å². The van der Waals surface area contributed by atoms with Gasteiger partial charge in [0.15, 0.2) is 17.3 Å². The zero-order valence-corrected chi connectivity index (χ0v) is 18.0. The van der Waals surface area contributed by atoms with Crippen LogP contribution in [-0.4, -0.2) is 28.5 Å². The van der Waals surface area contributed by atoms with Crippen molar-refractivity contribution < 1.29 is 14.3 Å². The minimum Gasteiger partial charge on any atom is -0.486 e. The number of carbonyl (C=O) groups is 1. The summed E-state index contributed by atoms with van der Waals surface area (Å²) in [7, 11) is 0. The maximum atomic E-state index is 13.3. The lowest BCUT2D eigenvalue weighted by Crippen LogP contribution is -2.21. The molecule has 0 saturated carbocycles. The second-order valence-corrected chi connectivity index (χ2v) is 7.97. The number of ketones is 1. The molecule has 3 heterocycles. The van der Waals surface area contributed by atoms with Crippen LogP contribution < -0.4 is 14.9 Å². The van der Waals surface area contributed by atoms with Crippen molar-refractivity contribution >= 4 is 32.6 Å². The molecule has 1 aliphatic heterocycles. The molecule has 0 aliphatic carbocycles. The average molecular weight is 477 g/mol. The van der Waals surface area contributed by atoms with E-state index in [2.05, 4.69) is 20.9 Å². The first-order valence-corrected chi connectivity index (χ1v) is 10.6. The first-order chi connectivity index (χ1) is 15.1. The number of fused-ring (bicyclic) bond motifs is 2. The minimum atomic E-state index is -0.358. The fourth-order valence-electron chi connectivity index (χ4n) is 3.69. The van der Waals surface area contributed by atoms with Gasteiger partial charge < -0.3 is 14.0 Å². The van der Waals surface area contributed by atoms with Crippen molar-refractivity contribution in [3.05, 3.63) is 98.5 Å². The van der Waals surface area contributed by atoms with E-state index in [9.17, 15) is 9.59 Å². The second-order valence-electron chi connectivity index (χ2n) is 7.16. The number of para-hydroxylation sites is 1. The molecule has 0 bridgehead atoms. The van der Waals surface area contributed by atoms with Gasteiger partial charge in [0.25, 0.3) is 0 Å². The monoisotopic (exact) mass is 476 g/mol. The number of carbonyl (C=O) groups excluding carboxylic acids is 1. The van der Waals surface area contributed by atoms with Gasteiger partial charge in [-0.15, -0.1) is 0 Å². The van der Waals surface area contributed by atoms with Crippen molar-refractivity contribution in [2.75, 3.05) is 13.2 Å². The Hall–Kier alpha value is -3.45. The van der Waals surface area contributed by atoms with E-state index in [4.69, 9.17) is 9.47 Å². The third-order valence-corrected chi connectivity index (χ3v) is 5.58. The Morgan fingerprint density at radius 1 is 1.00 bits per heavy atom. The van der Waals surface area contributed by atoms with Crippen molar-refractivity contribution in [2.24, 2.45) is 0 Å². The van der Waals surface area contributed by atoms with E-state index in [-0.39, 0.29) is 16.8 Å². The van der Waals surface area contributed by atoms with Crippen LogP contribution in [0.3, 0.4) is 0 Å². The van der Waals surface area contributed by atoms with E-state index < -0.39 is 0 Å². The summed E-state index contributed by atoms with van der Waals surface area (Å²) in [5.74, 6) is 0.750. The quantitative estimate of drug-likeness (QED) is 0.326. The number of pyridine rings is 2. The number of benzene rings is 2. The van der Waals surface area contributed by atoms with Crippen LogP contribution in [-0.2, 0) is 6.54 Å². The van der Waals surface area contributed by atoms with E-state index in [1.807, 2.05) is 34.9 Å². The number of aromatic nitrogens is 2. The van der Waals surface area contributed by atoms with Crippen LogP contribution in [0.1, 0.15) is 21.6 Å². The highest BCUT2D eigenvalue weighted by Crippen LogP contribution is 2.31. The van der Waals surface area contributed by atoms with E-state index >= 15 is 0 Å². The van der Waals surface area contributed by atoms with Crippen LogP contribution in [0.15, 0.2) is 76.3 Å². The number of hydrogen-bond donors (Lipinski definition) is 0. The number of hydrogen-bond acceptors (Lipinski definition) is 5. The molecule has 2 aromatic heterocycles. The third kappa shape index (κ3) is 3.72. The molecular weight excluding hydrogens is 460 g/mol. The van der Waals surface area contributed by atoms with Gasteiger partial charge in [-0.25, -0.2) is 4.98 Å². The summed E-state index contributed by atoms with van der Waals surface area (Å²) in [5.41, 5.74) is 1.73. The molecule has 0 radical (unpaired) electrons. The van der Waals surface area contributed by atoms with E-state index in [1.54, 1.807) is 36.5 Å². The molecule has 154 valence electrons. The summed E-state index contributed by atoms with van der Waals surface area (Å²) >= 11 is 3.39. The molecular formula is C24H17BrN2O4. The second kappa shape index (κ2) is 8.00. The summed E-state index contributed by atoms with van der Waals surface area (Å²) < 4.78 is 13.7. The van der Waals surface area contributed by atoms with Gasteiger partial charge in [0.2, 0.25) is 5.43 Å². The SMILES string of the molecule is O=C(c1ccc2c(c1)OCCO2)c1cn(Cc2cccc(Br)n2)c2ccccc2c1=O. The smallest absolute Gasteiger partial charge is 0.200 e. The van der Waals surface area contributed by atoms with E-state index in [0.717, 1.165) is 15.8 Å². The molecule has 4 aromatic rings. The largest absolute Gasteiger partial charge is 0.486 e. The standard InChI is InChI=1S/C24H17BrN2O4/c25-22-7-3-4-16(26-22)13-27-14-18(24(29)17-5-1-2-6-19(17)27)23(28)15-8-9-20-21(12-15)31-11-10-30-20/h1-9,12,14H,10-11,13H2. The first kappa shape index (κ1) is 19.5. The van der Waals surface area contributed by atoms with Gasteiger partial charge in [-0.2, -0.15) is 0 Å². The molecule has 0 fully saturated rings. The Bertz CT molecular complexity index is 1380. The van der Waals surface area contributed by atoms with Crippen LogP contribution in [0.5, 0.6) is 11.5 Å². The summed E-state index contributed by atoms with van der Waals surface area (Å²) in [5, 5.41) is 0.487. The normalized spacial score (nSPS) is 12.7. The number of ether oxygens (including phenoxy) is 2. The summed E-state index contributed by atoms with van der Waals surface area (Å²) in [6, 6.07) is 17.9. The lowest BCUT2D eigenvalue weighted by atomic mass is 10.0. The van der Waals surface area contributed by atoms with Crippen LogP contribution in [0.4, 0.5) is 0 Å². The van der Waals surface area contributed by atoms with Crippen molar-refractivity contribution in [1.82, 2.24) is 9.55 Å². The molecule has 7 heteroatoms. The highest BCUT2D eigenvalue weighted by molar-refractivity contribution is 9.10. The summed E-state index contributed by atoms with van der Waals surface area (Å²) in [6.45, 7) is 1.31. The van der Waals surface area contributed by atoms with Gasteiger partial charge in [-0.05, 0) is 58.4 Å². The van der Waals surface area contributed by atoms with Crippen molar-refractivity contribution in [1.29, 1.82) is 0 Å². The molecule has 6 nitrogen and oxygen atoms in total. The maximum Gasteiger partial charge on any atom is 0.200 e. The molecule has 0 saturated heterocycles. The van der Waals surface area contributed by atoms with Crippen molar-refractivity contribution in [3.8, 4) is 11.5 Å². The molecule has 0 amide bonds. The Morgan fingerprint density at radius 2 is 1.81 bits per heavy atom. The van der Waals surface area contributed by atoms with Crippen molar-refractivity contribution in [2.45, 2.75) is 6.54 Å². The van der Waals surface area contributed by atoms with Gasteiger partial charge in [0.05, 0.1) is 23.3 Å². The van der Waals surface area contributed by atoms with Gasteiger partial charge in [0.1, 0.15) is 17.8 Å². The Labute approximate surface area is 186 Å². The number of nitrogens with zero attached hydrogens (tertiary/aromatic N) is 2. The molecule has 31 heavy (non-hydrogen) atoms. The zero-order valence-electron chi connectivity index (χ0n) is 16.4. The predicted octanol–water partition coefficient (Wildman–Crippen LogP) is 4.21. The molecule has 5 rings (SSSR count). The van der Waals surface area contributed by atoms with Crippen LogP contribution in [0.2, 0.25) is 0 Å². The van der Waals surface area contributed by atoms with Gasteiger partial charge >= 0.3 is 0 Å². The highest BCUT2D eigenvalue weighted by atomic mass is 79.9. The lowest BCUT2D eigenvalue weighted by molar-refractivity contribution is 0.103. The van der Waals surface area contributed by atoms with Gasteiger partial charge in [-0.3, -0.25) is 9.59 Å². The number of rotatable bonds is 4. The van der Waals surface area contributed by atoms with Gasteiger partial charge in [-0.1, -0.05) is 18.2 Å². The van der Waals surface area contributed by atoms with Crippen LogP contribution >= 0.6 is 15.9 Å². The highest BCUT2D eigenvalue weighted by Gasteiger charge is 2.20. The molecule has 0 spiro atoms. The molecule has 0 atom stereocenters. The lowest BCUT2D eigenvalue weighted by Gasteiger charge is -2.18. The van der Waals surface area contributed by atoms with Gasteiger partial charge in [0, 0.05) is 17.1 Å². The molecule has 0 N–H and O–H groups in total. The Morgan fingerprint density at radius 3 is 2.65 bits per heavy atom. The fraction of sp³-hybridized carbons (Fsp3) is 0.125. The zero-order chi connectivity index (χ0) is 21.4. The summed E-state index contributed by atoms with van der Waals surface area (Å²) in [6.07, 6.45) is 1.62. The number of halogens is 1. The predicted molar refractivity (Wildman–Crippen MR) is 120 cm³/mol. The van der Waals surface area contributed by atoms with E-state index in [1.165, 1.54) is 0 Å². The molecule has 0 unspecified atom stereocenters. The fourth-order valence-corrected chi connectivity index (χ4v) is 4.07. The minimum absolute atomic E-state index is 0.102. The Kier molecular flexibility index (Phi) is 5.03. The van der Waals surface area contributed by atoms with Crippen molar-refractivity contribution in [3.63, 3.8) is 0 Å². The van der Waals surface area contributed by atoms with Crippen LogP contribution in [0, 0.1) is 0 Å². The maximum absolute atomic E-state index is 13.3. The first-order valence-electron chi connectivity index (χ1n) is 9.78. The molecule has 1 aliphatic rings. The molecule has 2 aromatic carbocycles. The van der Waals surface area contributed by atoms with Crippen LogP contribution in [0.25, 0.3) is 10.9 Å².